The second-order valence-electron chi connectivity index (χ2n) is 2.31. The molecule has 0 aromatic carbocycles. The lowest BCUT2D eigenvalue weighted by Gasteiger charge is -2.03. The van der Waals surface area contributed by atoms with E-state index >= 15 is 0 Å². The van der Waals surface area contributed by atoms with Crippen LogP contribution >= 0.6 is 0 Å². The van der Waals surface area contributed by atoms with Gasteiger partial charge in [-0.05, 0) is 12.8 Å². The Balaban J connectivity index is 2.53. The first kappa shape index (κ1) is 5.85. The number of allylic oxidation sites excluding steroid dienone is 1. The van der Waals surface area contributed by atoms with Crippen molar-refractivity contribution in [2.24, 2.45) is 0 Å². The standard InChI is InChI=1S/C5H9BO2/c1-2-5(3-4-5)6(7)8/h2,7-8H,1,3-4H2. The third-order valence-electron chi connectivity index (χ3n) is 1.75. The van der Waals surface area contributed by atoms with Crippen molar-refractivity contribution in [3.05, 3.63) is 12.7 Å². The summed E-state index contributed by atoms with van der Waals surface area (Å²) >= 11 is 0. The first-order valence-corrected chi connectivity index (χ1v) is 2.71. The maximum Gasteiger partial charge on any atom is 0.462 e. The molecule has 0 spiro atoms. The average molecular weight is 112 g/mol. The molecule has 1 fully saturated rings. The van der Waals surface area contributed by atoms with Crippen molar-refractivity contribution in [2.75, 3.05) is 0 Å². The predicted octanol–water partition coefficient (Wildman–Crippen LogP) is 0.179. The molecule has 0 amide bonds. The van der Waals surface area contributed by atoms with Gasteiger partial charge in [-0.3, -0.25) is 0 Å². The van der Waals surface area contributed by atoms with E-state index < -0.39 is 7.12 Å². The molecule has 1 aliphatic rings. The van der Waals surface area contributed by atoms with Crippen LogP contribution in [0.25, 0.3) is 0 Å². The fourth-order valence-electron chi connectivity index (χ4n) is 0.712. The molecule has 1 rings (SSSR count). The highest BCUT2D eigenvalue weighted by atomic mass is 16.4. The number of rotatable bonds is 2. The molecule has 1 saturated carbocycles. The summed E-state index contributed by atoms with van der Waals surface area (Å²) in [6.45, 7) is 3.50. The highest BCUT2D eigenvalue weighted by molar-refractivity contribution is 6.47. The Morgan fingerprint density at radius 1 is 1.50 bits per heavy atom. The van der Waals surface area contributed by atoms with E-state index in [0.29, 0.717) is 0 Å². The molecule has 3 heteroatoms. The second kappa shape index (κ2) is 1.60. The summed E-state index contributed by atoms with van der Waals surface area (Å²) in [6, 6.07) is 0. The van der Waals surface area contributed by atoms with Gasteiger partial charge in [0, 0.05) is 5.31 Å². The van der Waals surface area contributed by atoms with E-state index in [1.165, 1.54) is 0 Å². The summed E-state index contributed by atoms with van der Waals surface area (Å²) in [4.78, 5) is 0. The highest BCUT2D eigenvalue weighted by Crippen LogP contribution is 2.55. The molecule has 2 N–H and O–H groups in total. The molecule has 0 aromatic rings. The van der Waals surface area contributed by atoms with Gasteiger partial charge in [0.25, 0.3) is 0 Å². The zero-order valence-corrected chi connectivity index (χ0v) is 4.67. The summed E-state index contributed by atoms with van der Waals surface area (Å²) in [6.07, 6.45) is 3.36. The predicted molar refractivity (Wildman–Crippen MR) is 32.3 cm³/mol. The average Bonchev–Trinajstić information content (AvgIpc) is 2.44. The summed E-state index contributed by atoms with van der Waals surface area (Å²) in [7, 11) is -1.19. The molecule has 0 heterocycles. The second-order valence-corrected chi connectivity index (χ2v) is 2.31. The fraction of sp³-hybridized carbons (Fsp3) is 0.600. The summed E-state index contributed by atoms with van der Waals surface area (Å²) in [5, 5.41) is 16.9. The van der Waals surface area contributed by atoms with Crippen LogP contribution in [-0.4, -0.2) is 17.2 Å². The molecule has 0 atom stereocenters. The van der Waals surface area contributed by atoms with Crippen LogP contribution < -0.4 is 0 Å². The lowest BCUT2D eigenvalue weighted by atomic mass is 9.69. The van der Waals surface area contributed by atoms with E-state index in [1.54, 1.807) is 6.08 Å². The van der Waals surface area contributed by atoms with Gasteiger partial charge < -0.3 is 10.0 Å². The molecule has 8 heavy (non-hydrogen) atoms. The minimum atomic E-state index is -1.19. The van der Waals surface area contributed by atoms with Crippen molar-refractivity contribution >= 4 is 7.12 Å². The largest absolute Gasteiger partial charge is 0.462 e. The van der Waals surface area contributed by atoms with Crippen LogP contribution in [0.3, 0.4) is 0 Å². The topological polar surface area (TPSA) is 40.5 Å². The van der Waals surface area contributed by atoms with Crippen LogP contribution in [0.4, 0.5) is 0 Å². The Labute approximate surface area is 49.0 Å². The lowest BCUT2D eigenvalue weighted by molar-refractivity contribution is 0.391. The Kier molecular flexibility index (Phi) is 1.17. The SMILES string of the molecule is C=CC1(B(O)O)CC1. The van der Waals surface area contributed by atoms with E-state index in [1.807, 2.05) is 0 Å². The van der Waals surface area contributed by atoms with E-state index in [0.717, 1.165) is 12.8 Å². The molecular weight excluding hydrogens is 103 g/mol. The third-order valence-corrected chi connectivity index (χ3v) is 1.75. The monoisotopic (exact) mass is 112 g/mol. The van der Waals surface area contributed by atoms with E-state index in [9.17, 15) is 0 Å². The molecule has 0 radical (unpaired) electrons. The molecule has 0 aromatic heterocycles. The smallest absolute Gasteiger partial charge is 0.426 e. The van der Waals surface area contributed by atoms with Gasteiger partial charge in [-0.1, -0.05) is 6.08 Å². The Hall–Kier alpha value is -0.275. The van der Waals surface area contributed by atoms with Gasteiger partial charge in [0.15, 0.2) is 0 Å². The fourth-order valence-corrected chi connectivity index (χ4v) is 0.712. The third kappa shape index (κ3) is 0.678. The van der Waals surface area contributed by atoms with Crippen LogP contribution in [0.5, 0.6) is 0 Å². The Bertz CT molecular complexity index is 107. The van der Waals surface area contributed by atoms with Gasteiger partial charge in [-0.15, -0.1) is 6.58 Å². The van der Waals surface area contributed by atoms with Gasteiger partial charge in [-0.2, -0.15) is 0 Å². The van der Waals surface area contributed by atoms with Crippen LogP contribution in [0.15, 0.2) is 12.7 Å². The van der Waals surface area contributed by atoms with Crippen LogP contribution in [0, 0.1) is 0 Å². The summed E-state index contributed by atoms with van der Waals surface area (Å²) < 4.78 is 0. The highest BCUT2D eigenvalue weighted by Gasteiger charge is 2.49. The summed E-state index contributed by atoms with van der Waals surface area (Å²) in [5.41, 5.74) is 0. The first-order chi connectivity index (χ1) is 3.71. The minimum Gasteiger partial charge on any atom is -0.426 e. The van der Waals surface area contributed by atoms with Crippen LogP contribution in [-0.2, 0) is 0 Å². The van der Waals surface area contributed by atoms with Crippen molar-refractivity contribution in [2.45, 2.75) is 18.2 Å². The Morgan fingerprint density at radius 2 is 2.00 bits per heavy atom. The zero-order valence-electron chi connectivity index (χ0n) is 4.67. The quantitative estimate of drug-likeness (QED) is 0.395. The van der Waals surface area contributed by atoms with Crippen molar-refractivity contribution in [1.29, 1.82) is 0 Å². The molecule has 0 saturated heterocycles. The molecule has 44 valence electrons. The summed E-state index contributed by atoms with van der Waals surface area (Å²) in [5.74, 6) is 0. The van der Waals surface area contributed by atoms with Crippen LogP contribution in [0.1, 0.15) is 12.8 Å². The van der Waals surface area contributed by atoms with Gasteiger partial charge >= 0.3 is 7.12 Å². The van der Waals surface area contributed by atoms with E-state index in [-0.39, 0.29) is 5.31 Å². The maximum atomic E-state index is 8.63. The normalized spacial score (nSPS) is 22.2. The molecule has 0 bridgehead atoms. The molecule has 0 aliphatic heterocycles. The lowest BCUT2D eigenvalue weighted by Crippen LogP contribution is -2.19. The molecule has 1 aliphatic carbocycles. The van der Waals surface area contributed by atoms with Crippen LogP contribution in [0.2, 0.25) is 5.31 Å². The van der Waals surface area contributed by atoms with Gasteiger partial charge in [-0.25, -0.2) is 0 Å². The van der Waals surface area contributed by atoms with Crippen molar-refractivity contribution in [3.63, 3.8) is 0 Å². The van der Waals surface area contributed by atoms with Crippen molar-refractivity contribution < 1.29 is 10.0 Å². The maximum absolute atomic E-state index is 8.63. The molecular formula is C5H9BO2. The first-order valence-electron chi connectivity index (χ1n) is 2.71. The van der Waals surface area contributed by atoms with Crippen molar-refractivity contribution in [3.8, 4) is 0 Å². The van der Waals surface area contributed by atoms with Gasteiger partial charge in [0.05, 0.1) is 0 Å². The minimum absolute atomic E-state index is 0.333. The Morgan fingerprint density at radius 3 is 2.00 bits per heavy atom. The van der Waals surface area contributed by atoms with E-state index in [4.69, 9.17) is 10.0 Å². The zero-order chi connectivity index (χ0) is 6.20. The van der Waals surface area contributed by atoms with Gasteiger partial charge in [0.1, 0.15) is 0 Å². The van der Waals surface area contributed by atoms with Gasteiger partial charge in [0.2, 0.25) is 0 Å². The molecule has 2 nitrogen and oxygen atoms in total. The number of hydrogen-bond acceptors (Lipinski definition) is 2. The van der Waals surface area contributed by atoms with E-state index in [2.05, 4.69) is 6.58 Å². The molecule has 0 unspecified atom stereocenters. The number of hydrogen-bond donors (Lipinski definition) is 2. The van der Waals surface area contributed by atoms with Crippen molar-refractivity contribution in [1.82, 2.24) is 0 Å².